The molecule has 0 saturated carbocycles. The number of nitrogens with zero attached hydrogens (tertiary/aromatic N) is 4. The highest BCUT2D eigenvalue weighted by molar-refractivity contribution is 5.69. The molecule has 150 valence electrons. The van der Waals surface area contributed by atoms with Gasteiger partial charge < -0.3 is 9.47 Å². The zero-order valence-electron chi connectivity index (χ0n) is 17.2. The second-order valence-corrected chi connectivity index (χ2v) is 6.40. The van der Waals surface area contributed by atoms with Crippen molar-refractivity contribution in [3.05, 3.63) is 42.1 Å². The van der Waals surface area contributed by atoms with E-state index in [1.54, 1.807) is 18.3 Å². The number of rotatable bonds is 6. The van der Waals surface area contributed by atoms with E-state index in [1.165, 1.54) is 17.6 Å². The van der Waals surface area contributed by atoms with E-state index >= 15 is 0 Å². The van der Waals surface area contributed by atoms with Gasteiger partial charge in [0.1, 0.15) is 5.69 Å². The fourth-order valence-electron chi connectivity index (χ4n) is 2.32. The summed E-state index contributed by atoms with van der Waals surface area (Å²) in [6, 6.07) is 4.23. The number of alkyl halides is 3. The number of hydrogen-bond donors (Lipinski definition) is 0. The number of aromatic nitrogens is 4. The Morgan fingerprint density at radius 3 is 2.61 bits per heavy atom. The minimum atomic E-state index is -4.70. The molecule has 3 aromatic rings. The van der Waals surface area contributed by atoms with Crippen LogP contribution in [0.2, 0.25) is 0 Å². The van der Waals surface area contributed by atoms with E-state index in [2.05, 4.69) is 15.3 Å². The third-order valence-corrected chi connectivity index (χ3v) is 4.02. The molecule has 3 heterocycles. The molecule has 3 aromatic heterocycles. The second kappa shape index (κ2) is 7.34. The minimum absolute atomic E-state index is 0.137. The Labute approximate surface area is 160 Å². The van der Waals surface area contributed by atoms with Crippen LogP contribution in [0.5, 0.6) is 5.88 Å². The van der Waals surface area contributed by atoms with Crippen LogP contribution in [-0.2, 0) is 11.3 Å². The first kappa shape index (κ1) is 17.4. The summed E-state index contributed by atoms with van der Waals surface area (Å²) in [7, 11) is 0. The first-order valence-corrected chi connectivity index (χ1v) is 8.16. The van der Waals surface area contributed by atoms with Gasteiger partial charge in [-0.3, -0.25) is 0 Å². The van der Waals surface area contributed by atoms with Crippen LogP contribution in [0.3, 0.4) is 0 Å². The van der Waals surface area contributed by atoms with Gasteiger partial charge in [0.15, 0.2) is 11.4 Å². The van der Waals surface area contributed by atoms with Crippen LogP contribution in [0.4, 0.5) is 17.6 Å². The summed E-state index contributed by atoms with van der Waals surface area (Å²) in [5.41, 5.74) is -0.952. The molecule has 0 N–H and O–H groups in total. The van der Waals surface area contributed by atoms with Crippen molar-refractivity contribution in [2.75, 3.05) is 6.56 Å². The molecule has 0 aliphatic rings. The molecule has 28 heavy (non-hydrogen) atoms. The average molecular weight is 400 g/mol. The lowest BCUT2D eigenvalue weighted by Crippen LogP contribution is -2.45. The van der Waals surface area contributed by atoms with Crippen molar-refractivity contribution in [1.82, 2.24) is 19.8 Å². The molecule has 0 bridgehead atoms. The molecule has 0 saturated heterocycles. The Morgan fingerprint density at radius 1 is 1.21 bits per heavy atom. The molecule has 0 aliphatic heterocycles. The van der Waals surface area contributed by atoms with Crippen molar-refractivity contribution >= 4 is 5.52 Å². The van der Waals surface area contributed by atoms with Gasteiger partial charge in [0.25, 0.3) is 5.88 Å². The monoisotopic (exact) mass is 400 g/mol. The van der Waals surface area contributed by atoms with E-state index in [9.17, 15) is 17.6 Å². The molecule has 6 nitrogen and oxygen atoms in total. The molecular weight excluding hydrogens is 380 g/mol. The molecule has 0 spiro atoms. The number of hydrogen-bond acceptors (Lipinski definition) is 5. The van der Waals surface area contributed by atoms with Crippen LogP contribution in [0, 0.1) is 5.82 Å². The molecule has 0 amide bonds. The lowest BCUT2D eigenvalue weighted by molar-refractivity contribution is -0.235. The number of pyridine rings is 2. The van der Waals surface area contributed by atoms with Crippen LogP contribution in [0.1, 0.15) is 29.2 Å². The van der Waals surface area contributed by atoms with Crippen molar-refractivity contribution in [3.63, 3.8) is 0 Å². The van der Waals surface area contributed by atoms with Crippen LogP contribution >= 0.6 is 0 Å². The summed E-state index contributed by atoms with van der Waals surface area (Å²) < 4.78 is 79.4. The molecule has 0 fully saturated rings. The molecule has 0 atom stereocenters. The Hall–Kier alpha value is -2.75. The van der Waals surface area contributed by atoms with Gasteiger partial charge >= 0.3 is 6.18 Å². The van der Waals surface area contributed by atoms with Crippen LogP contribution in [0.25, 0.3) is 16.6 Å². The molecule has 0 unspecified atom stereocenters. The second-order valence-electron chi connectivity index (χ2n) is 6.40. The van der Waals surface area contributed by atoms with Gasteiger partial charge in [-0.25, -0.2) is 13.9 Å². The highest BCUT2D eigenvalue weighted by Gasteiger charge is 2.50. The Kier molecular flexibility index (Phi) is 4.55. The van der Waals surface area contributed by atoms with E-state index in [-0.39, 0.29) is 6.61 Å². The van der Waals surface area contributed by atoms with Crippen molar-refractivity contribution in [2.45, 2.75) is 39.2 Å². The van der Waals surface area contributed by atoms with Crippen LogP contribution in [0.15, 0.2) is 30.6 Å². The summed E-state index contributed by atoms with van der Waals surface area (Å²) in [6.07, 6.45) is -1.95. The lowest BCUT2D eigenvalue weighted by Gasteiger charge is -2.28. The Bertz CT molecular complexity index is 1060. The molecule has 0 radical (unpaired) electrons. The van der Waals surface area contributed by atoms with Crippen molar-refractivity contribution in [3.8, 4) is 17.0 Å². The predicted octanol–water partition coefficient (Wildman–Crippen LogP) is 4.19. The van der Waals surface area contributed by atoms with E-state index in [1.807, 2.05) is 0 Å². The number of ether oxygens (including phenoxy) is 2. The van der Waals surface area contributed by atoms with Gasteiger partial charge in [0.05, 0.1) is 14.9 Å². The van der Waals surface area contributed by atoms with Crippen LogP contribution in [-0.4, -0.2) is 38.1 Å². The van der Waals surface area contributed by atoms with Crippen molar-refractivity contribution in [2.24, 2.45) is 0 Å². The summed E-state index contributed by atoms with van der Waals surface area (Å²) in [6.45, 7) is 0.820. The first-order valence-electron chi connectivity index (χ1n) is 9.16. The Balaban J connectivity index is 1.89. The zero-order chi connectivity index (χ0) is 22.3. The summed E-state index contributed by atoms with van der Waals surface area (Å²) in [5, 5.41) is 7.83. The standard InChI is InChI=1S/C18H18F4N4O2/c1-4-27-10-14-15-8-11(5-6-26(15)25-24-14)12-7-13(19)16(23-9-12)28-17(2,3)18(20,21)22/h5-9H,4,10H2,1-3H3/i4D2. The van der Waals surface area contributed by atoms with Gasteiger partial charge in [-0.15, -0.1) is 5.10 Å². The fraction of sp³-hybridized carbons (Fsp3) is 0.389. The largest absolute Gasteiger partial charge is 0.460 e. The average Bonchev–Trinajstić information content (AvgIpc) is 3.02. The van der Waals surface area contributed by atoms with E-state index in [4.69, 9.17) is 12.2 Å². The van der Waals surface area contributed by atoms with Gasteiger partial charge in [-0.2, -0.15) is 13.2 Å². The summed E-state index contributed by atoms with van der Waals surface area (Å²) in [4.78, 5) is 3.70. The van der Waals surface area contributed by atoms with Gasteiger partial charge in [0, 0.05) is 24.5 Å². The Morgan fingerprint density at radius 2 is 1.96 bits per heavy atom. The number of halogens is 4. The minimum Gasteiger partial charge on any atom is -0.460 e. The van der Waals surface area contributed by atoms with Crippen molar-refractivity contribution in [1.29, 1.82) is 0 Å². The molecule has 3 rings (SSSR count). The molecule has 10 heteroatoms. The summed E-state index contributed by atoms with van der Waals surface area (Å²) in [5.74, 6) is -1.80. The maximum atomic E-state index is 14.4. The van der Waals surface area contributed by atoms with E-state index in [0.717, 1.165) is 19.9 Å². The van der Waals surface area contributed by atoms with E-state index < -0.39 is 30.0 Å². The predicted molar refractivity (Wildman–Crippen MR) is 92.3 cm³/mol. The normalized spacial score (nSPS) is 14.1. The lowest BCUT2D eigenvalue weighted by atomic mass is 10.1. The number of fused-ring (bicyclic) bond motifs is 1. The fourth-order valence-corrected chi connectivity index (χ4v) is 2.32. The summed E-state index contributed by atoms with van der Waals surface area (Å²) >= 11 is 0. The molecule has 0 aliphatic carbocycles. The maximum absolute atomic E-state index is 14.4. The van der Waals surface area contributed by atoms with E-state index in [0.29, 0.717) is 22.3 Å². The van der Waals surface area contributed by atoms with Crippen molar-refractivity contribution < 1.29 is 29.8 Å². The quantitative estimate of drug-likeness (QED) is 0.581. The highest BCUT2D eigenvalue weighted by atomic mass is 19.4. The van der Waals surface area contributed by atoms with Gasteiger partial charge in [-0.1, -0.05) is 5.21 Å². The van der Waals surface area contributed by atoms with Crippen LogP contribution < -0.4 is 4.74 Å². The highest BCUT2D eigenvalue weighted by Crippen LogP contribution is 2.35. The molecular formula is C18H18F4N4O2. The zero-order valence-corrected chi connectivity index (χ0v) is 15.2. The maximum Gasteiger partial charge on any atom is 0.427 e. The topological polar surface area (TPSA) is 61.5 Å². The third-order valence-electron chi connectivity index (χ3n) is 4.02. The van der Waals surface area contributed by atoms with Gasteiger partial charge in [-0.05, 0) is 44.5 Å². The first-order chi connectivity index (χ1) is 13.8. The third kappa shape index (κ3) is 3.91. The SMILES string of the molecule is [2H]C([2H])(C)OCc1nnn2ccc(-c3cnc(OC(C)(C)C(F)(F)F)c(F)c3)cc12. The molecule has 0 aromatic carbocycles. The smallest absolute Gasteiger partial charge is 0.427 e. The van der Waals surface area contributed by atoms with Gasteiger partial charge in [0.2, 0.25) is 0 Å².